The molecule has 192 valence electrons. The lowest BCUT2D eigenvalue weighted by Gasteiger charge is -2.33. The van der Waals surface area contributed by atoms with E-state index in [1.807, 2.05) is 19.1 Å². The number of halogens is 1. The summed E-state index contributed by atoms with van der Waals surface area (Å²) in [5.74, 6) is 0.468. The lowest BCUT2D eigenvalue weighted by Crippen LogP contribution is -2.48. The highest BCUT2D eigenvalue weighted by Crippen LogP contribution is 2.37. The lowest BCUT2D eigenvalue weighted by molar-refractivity contribution is -0.127. The summed E-state index contributed by atoms with van der Waals surface area (Å²) in [7, 11) is 1.56. The number of nitrogens with zero attached hydrogens (tertiary/aromatic N) is 3. The average molecular weight is 549 g/mol. The Kier molecular flexibility index (Phi) is 6.02. The second-order valence-corrected chi connectivity index (χ2v) is 10.4. The molecule has 1 aliphatic rings. The van der Waals surface area contributed by atoms with Crippen molar-refractivity contribution in [2.24, 2.45) is 0 Å². The van der Waals surface area contributed by atoms with Gasteiger partial charge in [0.25, 0.3) is 11.5 Å². The Hall–Kier alpha value is -3.99. The number of rotatable bonds is 4. The predicted molar refractivity (Wildman–Crippen MR) is 148 cm³/mol. The zero-order valence-corrected chi connectivity index (χ0v) is 21.9. The Balaban J connectivity index is 1.54. The average Bonchev–Trinajstić information content (AvgIpc) is 3.33. The molecule has 1 saturated heterocycles. The number of hydrogen-bond acceptors (Lipinski definition) is 7. The van der Waals surface area contributed by atoms with Crippen molar-refractivity contribution < 1.29 is 14.3 Å². The monoisotopic (exact) mass is 548 g/mol. The van der Waals surface area contributed by atoms with Gasteiger partial charge in [-0.05, 0) is 43.3 Å². The Morgan fingerprint density at radius 1 is 1.13 bits per heavy atom. The zero-order valence-electron chi connectivity index (χ0n) is 20.4. The van der Waals surface area contributed by atoms with Crippen LogP contribution < -0.4 is 20.9 Å². The van der Waals surface area contributed by atoms with Gasteiger partial charge in [-0.15, -0.1) is 11.3 Å². The quantitative estimate of drug-likeness (QED) is 0.357. The summed E-state index contributed by atoms with van der Waals surface area (Å²) in [5.41, 5.74) is 1.01. The summed E-state index contributed by atoms with van der Waals surface area (Å²) < 4.78 is 12.1. The molecular formula is C27H21ClN4O5S. The van der Waals surface area contributed by atoms with Gasteiger partial charge in [0.15, 0.2) is 0 Å². The number of carbonyl (C=O) groups is 1. The number of carbonyl (C=O) groups excluding carboxylic acids is 1. The second kappa shape index (κ2) is 9.39. The molecule has 4 heterocycles. The van der Waals surface area contributed by atoms with Crippen LogP contribution in [-0.4, -0.2) is 46.8 Å². The Labute approximate surface area is 224 Å². The number of nitrogens with one attached hydrogen (secondary N) is 1. The molecule has 2 aromatic carbocycles. The number of benzene rings is 2. The van der Waals surface area contributed by atoms with Crippen LogP contribution in [0.4, 0.5) is 5.69 Å². The molecule has 11 heteroatoms. The molecule has 0 saturated carbocycles. The number of hydrogen-bond donors (Lipinski definition) is 1. The van der Waals surface area contributed by atoms with E-state index in [0.717, 1.165) is 9.95 Å². The molecule has 1 aliphatic heterocycles. The fraction of sp³-hybridized carbons (Fsp3) is 0.185. The van der Waals surface area contributed by atoms with E-state index < -0.39 is 11.2 Å². The Bertz CT molecular complexity index is 1860. The first-order valence-electron chi connectivity index (χ1n) is 11.8. The number of pyridine rings is 1. The fourth-order valence-corrected chi connectivity index (χ4v) is 6.10. The predicted octanol–water partition coefficient (Wildman–Crippen LogP) is 4.37. The van der Waals surface area contributed by atoms with Gasteiger partial charge in [-0.2, -0.15) is 0 Å². The Morgan fingerprint density at radius 2 is 1.97 bits per heavy atom. The molecule has 5 aromatic rings. The third-order valence-electron chi connectivity index (χ3n) is 6.55. The van der Waals surface area contributed by atoms with Crippen LogP contribution in [0.15, 0.2) is 64.4 Å². The van der Waals surface area contributed by atoms with E-state index in [1.54, 1.807) is 48.5 Å². The van der Waals surface area contributed by atoms with Crippen LogP contribution >= 0.6 is 22.9 Å². The van der Waals surface area contributed by atoms with Crippen molar-refractivity contribution in [3.63, 3.8) is 0 Å². The standard InChI is InChI=1S/C27H21ClN4O5S/c1-14-12-37-13-24(33)31(14)16-4-3-15-10-29-11-22(18(15)7-16)32-26(34)25-21(30-27(32)35)9-23(38-25)19-8-17(36-2)5-6-20(19)28/h3-11,14H,12-13H2,1-2H3,(H,30,35)/t14-/m0/s1. The molecule has 1 N–H and O–H groups in total. The third-order valence-corrected chi connectivity index (χ3v) is 8.04. The second-order valence-electron chi connectivity index (χ2n) is 8.96. The normalized spacial score (nSPS) is 15.9. The summed E-state index contributed by atoms with van der Waals surface area (Å²) >= 11 is 7.66. The van der Waals surface area contributed by atoms with E-state index in [4.69, 9.17) is 21.1 Å². The number of methoxy groups -OCH3 is 1. The molecule has 0 spiro atoms. The van der Waals surface area contributed by atoms with Gasteiger partial charge in [-0.1, -0.05) is 17.7 Å². The van der Waals surface area contributed by atoms with Gasteiger partial charge in [0, 0.05) is 38.1 Å². The number of aromatic amines is 1. The van der Waals surface area contributed by atoms with E-state index in [0.29, 0.717) is 54.8 Å². The molecule has 0 bridgehead atoms. The van der Waals surface area contributed by atoms with E-state index in [9.17, 15) is 14.4 Å². The molecule has 9 nitrogen and oxygen atoms in total. The fourth-order valence-electron chi connectivity index (χ4n) is 4.75. The largest absolute Gasteiger partial charge is 0.497 e. The number of H-pyrrole nitrogens is 1. The van der Waals surface area contributed by atoms with Crippen molar-refractivity contribution in [2.45, 2.75) is 13.0 Å². The number of anilines is 1. The van der Waals surface area contributed by atoms with Gasteiger partial charge >= 0.3 is 5.69 Å². The van der Waals surface area contributed by atoms with Crippen molar-refractivity contribution in [3.05, 3.63) is 80.7 Å². The summed E-state index contributed by atoms with van der Waals surface area (Å²) in [6.45, 7) is 2.32. The van der Waals surface area contributed by atoms with E-state index >= 15 is 0 Å². The minimum Gasteiger partial charge on any atom is -0.497 e. The van der Waals surface area contributed by atoms with Crippen molar-refractivity contribution >= 4 is 55.5 Å². The number of morpholine rings is 1. The molecule has 3 aromatic heterocycles. The summed E-state index contributed by atoms with van der Waals surface area (Å²) in [5, 5.41) is 1.84. The van der Waals surface area contributed by atoms with Crippen molar-refractivity contribution in [2.75, 3.05) is 25.2 Å². The van der Waals surface area contributed by atoms with Gasteiger partial charge in [-0.25, -0.2) is 9.36 Å². The van der Waals surface area contributed by atoms with Crippen molar-refractivity contribution in [1.82, 2.24) is 14.5 Å². The van der Waals surface area contributed by atoms with Crippen LogP contribution in [0.5, 0.6) is 5.75 Å². The Morgan fingerprint density at radius 3 is 2.76 bits per heavy atom. The molecule has 1 amide bonds. The van der Waals surface area contributed by atoms with Crippen LogP contribution in [0.2, 0.25) is 5.02 Å². The molecule has 38 heavy (non-hydrogen) atoms. The minimum atomic E-state index is -0.598. The third kappa shape index (κ3) is 3.97. The summed E-state index contributed by atoms with van der Waals surface area (Å²) in [6, 6.07) is 12.3. The smallest absolute Gasteiger partial charge is 0.333 e. The van der Waals surface area contributed by atoms with E-state index in [-0.39, 0.29) is 18.6 Å². The summed E-state index contributed by atoms with van der Waals surface area (Å²) in [6.07, 6.45) is 3.13. The van der Waals surface area contributed by atoms with Crippen LogP contribution in [-0.2, 0) is 9.53 Å². The number of amides is 1. The molecule has 1 fully saturated rings. The highest BCUT2D eigenvalue weighted by atomic mass is 35.5. The van der Waals surface area contributed by atoms with Gasteiger partial charge < -0.3 is 19.4 Å². The molecular weight excluding hydrogens is 528 g/mol. The zero-order chi connectivity index (χ0) is 26.6. The molecule has 1 atom stereocenters. The van der Waals surface area contributed by atoms with Crippen LogP contribution in [0.25, 0.3) is 37.1 Å². The summed E-state index contributed by atoms with van der Waals surface area (Å²) in [4.78, 5) is 49.1. The molecule has 6 rings (SSSR count). The lowest BCUT2D eigenvalue weighted by atomic mass is 10.1. The van der Waals surface area contributed by atoms with Crippen LogP contribution in [0, 0.1) is 0 Å². The van der Waals surface area contributed by atoms with Crippen molar-refractivity contribution in [3.8, 4) is 21.9 Å². The van der Waals surface area contributed by atoms with Gasteiger partial charge in [0.05, 0.1) is 37.2 Å². The number of aromatic nitrogens is 3. The number of fused-ring (bicyclic) bond motifs is 2. The van der Waals surface area contributed by atoms with Gasteiger partial charge in [-0.3, -0.25) is 14.6 Å². The van der Waals surface area contributed by atoms with Crippen LogP contribution in [0.1, 0.15) is 6.92 Å². The number of ether oxygens (including phenoxy) is 2. The van der Waals surface area contributed by atoms with Crippen molar-refractivity contribution in [1.29, 1.82) is 0 Å². The van der Waals surface area contributed by atoms with E-state index in [2.05, 4.69) is 9.97 Å². The van der Waals surface area contributed by atoms with Gasteiger partial charge in [0.1, 0.15) is 17.1 Å². The van der Waals surface area contributed by atoms with Gasteiger partial charge in [0.2, 0.25) is 0 Å². The maximum Gasteiger partial charge on any atom is 0.333 e. The number of thiophene rings is 1. The SMILES string of the molecule is COc1ccc(Cl)c(-c2cc3[nH]c(=O)n(-c4cncc5ccc(N6C(=O)COC[C@@H]6C)cc45)c(=O)c3s2)c1. The highest BCUT2D eigenvalue weighted by Gasteiger charge is 2.27. The van der Waals surface area contributed by atoms with E-state index in [1.165, 1.54) is 17.5 Å². The maximum absolute atomic E-state index is 13.7. The first-order valence-corrected chi connectivity index (χ1v) is 13.0. The van der Waals surface area contributed by atoms with Crippen LogP contribution in [0.3, 0.4) is 0 Å². The first kappa shape index (κ1) is 24.4. The first-order chi connectivity index (χ1) is 18.4. The minimum absolute atomic E-state index is 0.000606. The molecule has 0 aliphatic carbocycles. The molecule has 0 radical (unpaired) electrons. The highest BCUT2D eigenvalue weighted by molar-refractivity contribution is 7.22. The molecule has 0 unspecified atom stereocenters. The maximum atomic E-state index is 13.7. The topological polar surface area (TPSA) is 107 Å².